The SMILES string of the molecule is N[C@@H]1C(=O)O[C@H]([C@H](O)CBr)[C@@H]1O. The molecule has 4 atom stereocenters. The van der Waals surface area contributed by atoms with E-state index in [4.69, 9.17) is 5.73 Å². The number of ether oxygens (including phenoxy) is 1. The molecule has 0 radical (unpaired) electrons. The van der Waals surface area contributed by atoms with Crippen molar-refractivity contribution in [2.24, 2.45) is 5.73 Å². The highest BCUT2D eigenvalue weighted by molar-refractivity contribution is 9.09. The van der Waals surface area contributed by atoms with E-state index in [0.29, 0.717) is 0 Å². The fourth-order valence-corrected chi connectivity index (χ4v) is 1.39. The quantitative estimate of drug-likeness (QED) is 0.397. The first kappa shape index (κ1) is 9.91. The van der Waals surface area contributed by atoms with Gasteiger partial charge in [-0.15, -0.1) is 0 Å². The molecule has 0 aromatic carbocycles. The van der Waals surface area contributed by atoms with Crippen molar-refractivity contribution in [2.75, 3.05) is 5.33 Å². The van der Waals surface area contributed by atoms with Gasteiger partial charge in [0.05, 0.1) is 0 Å². The maximum atomic E-state index is 10.8. The average Bonchev–Trinajstić information content (AvgIpc) is 2.32. The number of esters is 1. The van der Waals surface area contributed by atoms with Gasteiger partial charge in [-0.2, -0.15) is 0 Å². The lowest BCUT2D eigenvalue weighted by molar-refractivity contribution is -0.146. The Morgan fingerprint density at radius 1 is 1.75 bits per heavy atom. The largest absolute Gasteiger partial charge is 0.455 e. The van der Waals surface area contributed by atoms with E-state index >= 15 is 0 Å². The molecule has 0 spiro atoms. The van der Waals surface area contributed by atoms with E-state index in [2.05, 4.69) is 20.7 Å². The van der Waals surface area contributed by atoms with Gasteiger partial charge in [0, 0.05) is 5.33 Å². The Morgan fingerprint density at radius 2 is 2.33 bits per heavy atom. The molecule has 1 aliphatic rings. The second-order valence-electron chi connectivity index (χ2n) is 2.64. The Labute approximate surface area is 77.6 Å². The van der Waals surface area contributed by atoms with Gasteiger partial charge in [0.25, 0.3) is 0 Å². The fourth-order valence-electron chi connectivity index (χ4n) is 1.02. The minimum Gasteiger partial charge on any atom is -0.455 e. The van der Waals surface area contributed by atoms with Crippen LogP contribution in [0, 0.1) is 0 Å². The second-order valence-corrected chi connectivity index (χ2v) is 3.29. The van der Waals surface area contributed by atoms with Crippen molar-refractivity contribution in [1.82, 2.24) is 0 Å². The first-order valence-corrected chi connectivity index (χ1v) is 4.58. The number of cyclic esters (lactones) is 1. The molecule has 0 aromatic rings. The van der Waals surface area contributed by atoms with Crippen LogP contribution in [0.4, 0.5) is 0 Å². The van der Waals surface area contributed by atoms with Crippen molar-refractivity contribution in [3.8, 4) is 0 Å². The predicted molar refractivity (Wildman–Crippen MR) is 43.7 cm³/mol. The summed E-state index contributed by atoms with van der Waals surface area (Å²) in [5.41, 5.74) is 5.25. The number of rotatable bonds is 2. The molecule has 0 saturated carbocycles. The highest BCUT2D eigenvalue weighted by Gasteiger charge is 2.44. The minimum absolute atomic E-state index is 0.231. The van der Waals surface area contributed by atoms with Crippen LogP contribution in [0.1, 0.15) is 0 Å². The smallest absolute Gasteiger partial charge is 0.326 e. The van der Waals surface area contributed by atoms with Crippen LogP contribution in [-0.4, -0.2) is 45.9 Å². The standard InChI is InChI=1S/C6H10BrNO4/c7-1-2(9)5-4(10)3(8)6(11)12-5/h2-5,9-10H,1,8H2/t2-,3+,4-,5-/m1/s1. The number of aliphatic hydroxyl groups excluding tert-OH is 2. The van der Waals surface area contributed by atoms with Crippen LogP contribution in [0.15, 0.2) is 0 Å². The summed E-state index contributed by atoms with van der Waals surface area (Å²) in [7, 11) is 0. The summed E-state index contributed by atoms with van der Waals surface area (Å²) in [6.07, 6.45) is -2.95. The van der Waals surface area contributed by atoms with E-state index in [-0.39, 0.29) is 5.33 Å². The van der Waals surface area contributed by atoms with E-state index in [0.717, 1.165) is 0 Å². The van der Waals surface area contributed by atoms with Crippen molar-refractivity contribution in [2.45, 2.75) is 24.4 Å². The first-order valence-electron chi connectivity index (χ1n) is 3.46. The van der Waals surface area contributed by atoms with Gasteiger partial charge in [0.15, 0.2) is 6.10 Å². The third-order valence-electron chi connectivity index (χ3n) is 1.77. The molecule has 70 valence electrons. The summed E-state index contributed by atoms with van der Waals surface area (Å²) in [6, 6.07) is -1.04. The van der Waals surface area contributed by atoms with Gasteiger partial charge >= 0.3 is 5.97 Å². The molecular formula is C6H10BrNO4. The van der Waals surface area contributed by atoms with Crippen LogP contribution in [0.5, 0.6) is 0 Å². The molecule has 1 fully saturated rings. The summed E-state index contributed by atoms with van der Waals surface area (Å²) < 4.78 is 4.64. The number of aliphatic hydroxyl groups is 2. The van der Waals surface area contributed by atoms with Crippen LogP contribution >= 0.6 is 15.9 Å². The summed E-state index contributed by atoms with van der Waals surface area (Å²) in [5.74, 6) is -0.674. The molecule has 6 heteroatoms. The number of alkyl halides is 1. The lowest BCUT2D eigenvalue weighted by Gasteiger charge is -2.17. The molecule has 0 unspecified atom stereocenters. The number of carbonyl (C=O) groups excluding carboxylic acids is 1. The highest BCUT2D eigenvalue weighted by atomic mass is 79.9. The maximum absolute atomic E-state index is 10.8. The van der Waals surface area contributed by atoms with Crippen LogP contribution in [0.2, 0.25) is 0 Å². The molecule has 0 aromatic heterocycles. The zero-order chi connectivity index (χ0) is 9.30. The van der Waals surface area contributed by atoms with Gasteiger partial charge in [-0.3, -0.25) is 4.79 Å². The zero-order valence-electron chi connectivity index (χ0n) is 6.18. The second kappa shape index (κ2) is 3.69. The topological polar surface area (TPSA) is 92.8 Å². The van der Waals surface area contributed by atoms with E-state index in [1.165, 1.54) is 0 Å². The van der Waals surface area contributed by atoms with Crippen molar-refractivity contribution in [1.29, 1.82) is 0 Å². The van der Waals surface area contributed by atoms with Gasteiger partial charge in [0.2, 0.25) is 0 Å². The molecule has 5 nitrogen and oxygen atoms in total. The average molecular weight is 240 g/mol. The molecule has 1 aliphatic heterocycles. The van der Waals surface area contributed by atoms with Gasteiger partial charge in [-0.25, -0.2) is 0 Å². The monoisotopic (exact) mass is 239 g/mol. The summed E-state index contributed by atoms with van der Waals surface area (Å²) >= 11 is 3.00. The van der Waals surface area contributed by atoms with Crippen LogP contribution in [-0.2, 0) is 9.53 Å². The predicted octanol–water partition coefficient (Wildman–Crippen LogP) is -1.64. The Hall–Kier alpha value is -0.170. The number of halogens is 1. The van der Waals surface area contributed by atoms with Crippen LogP contribution in [0.25, 0.3) is 0 Å². The summed E-state index contributed by atoms with van der Waals surface area (Å²) in [5, 5.41) is 18.7. The summed E-state index contributed by atoms with van der Waals surface area (Å²) in [6.45, 7) is 0. The van der Waals surface area contributed by atoms with Gasteiger partial charge in [-0.05, 0) is 0 Å². The van der Waals surface area contributed by atoms with E-state index in [9.17, 15) is 15.0 Å². The van der Waals surface area contributed by atoms with E-state index in [1.807, 2.05) is 0 Å². The lowest BCUT2D eigenvalue weighted by atomic mass is 10.1. The van der Waals surface area contributed by atoms with E-state index < -0.39 is 30.3 Å². The molecular weight excluding hydrogens is 230 g/mol. The van der Waals surface area contributed by atoms with Crippen molar-refractivity contribution in [3.05, 3.63) is 0 Å². The summed E-state index contributed by atoms with van der Waals surface area (Å²) in [4.78, 5) is 10.8. The maximum Gasteiger partial charge on any atom is 0.326 e. The van der Waals surface area contributed by atoms with Gasteiger partial charge in [0.1, 0.15) is 18.2 Å². The Balaban J connectivity index is 2.64. The van der Waals surface area contributed by atoms with Crippen molar-refractivity contribution >= 4 is 21.9 Å². The fraction of sp³-hybridized carbons (Fsp3) is 0.833. The van der Waals surface area contributed by atoms with Gasteiger partial charge in [-0.1, -0.05) is 15.9 Å². The van der Waals surface area contributed by atoms with Crippen molar-refractivity contribution < 1.29 is 19.7 Å². The van der Waals surface area contributed by atoms with Crippen LogP contribution in [0.3, 0.4) is 0 Å². The number of carbonyl (C=O) groups is 1. The van der Waals surface area contributed by atoms with Gasteiger partial charge < -0.3 is 20.7 Å². The molecule has 0 amide bonds. The molecule has 1 saturated heterocycles. The number of hydrogen-bond acceptors (Lipinski definition) is 5. The number of nitrogens with two attached hydrogens (primary N) is 1. The third-order valence-corrected chi connectivity index (χ3v) is 2.43. The normalized spacial score (nSPS) is 38.0. The van der Waals surface area contributed by atoms with Crippen LogP contribution < -0.4 is 5.73 Å². The zero-order valence-corrected chi connectivity index (χ0v) is 7.77. The molecule has 1 rings (SSSR count). The number of hydrogen-bond donors (Lipinski definition) is 3. The Kier molecular flexibility index (Phi) is 3.05. The molecule has 12 heavy (non-hydrogen) atoms. The third kappa shape index (κ3) is 1.61. The Bertz CT molecular complexity index is 188. The molecule has 1 heterocycles. The molecule has 4 N–H and O–H groups in total. The van der Waals surface area contributed by atoms with Crippen molar-refractivity contribution in [3.63, 3.8) is 0 Å². The first-order chi connectivity index (χ1) is 5.57. The molecule has 0 aliphatic carbocycles. The highest BCUT2D eigenvalue weighted by Crippen LogP contribution is 2.18. The lowest BCUT2D eigenvalue weighted by Crippen LogP contribution is -2.43. The Morgan fingerprint density at radius 3 is 2.67 bits per heavy atom. The minimum atomic E-state index is -1.12. The molecule has 0 bridgehead atoms. The van der Waals surface area contributed by atoms with E-state index in [1.54, 1.807) is 0 Å².